The summed E-state index contributed by atoms with van der Waals surface area (Å²) in [5.74, 6) is -0.321. The SMILES string of the molecule is O=S(=O)([O-])CC(Br)CCl.[Na+]. The number of halogens is 2. The van der Waals surface area contributed by atoms with Crippen LogP contribution in [0.2, 0.25) is 0 Å². The molecular weight excluding hydrogens is 254 g/mol. The van der Waals surface area contributed by atoms with E-state index >= 15 is 0 Å². The zero-order valence-electron chi connectivity index (χ0n) is 5.38. The van der Waals surface area contributed by atoms with Crippen molar-refractivity contribution in [3.8, 4) is 0 Å². The molecule has 0 bridgehead atoms. The molecule has 0 aliphatic heterocycles. The van der Waals surface area contributed by atoms with Crippen molar-refractivity contribution in [1.29, 1.82) is 0 Å². The quantitative estimate of drug-likeness (QED) is 0.321. The Hall–Kier alpha value is 1.68. The Kier molecular flexibility index (Phi) is 8.85. The molecule has 1 atom stereocenters. The molecule has 0 fully saturated rings. The molecule has 0 heterocycles. The maximum absolute atomic E-state index is 9.96. The first-order valence-electron chi connectivity index (χ1n) is 2.09. The second-order valence-corrected chi connectivity index (χ2v) is 4.53. The van der Waals surface area contributed by atoms with Gasteiger partial charge in [0.05, 0.1) is 15.9 Å². The molecule has 0 aromatic heterocycles. The molecule has 7 heteroatoms. The Labute approximate surface area is 95.7 Å². The van der Waals surface area contributed by atoms with Gasteiger partial charge in [0.25, 0.3) is 0 Å². The first-order valence-corrected chi connectivity index (χ1v) is 5.12. The van der Waals surface area contributed by atoms with Gasteiger partial charge in [-0.15, -0.1) is 11.6 Å². The van der Waals surface area contributed by atoms with E-state index in [4.69, 9.17) is 11.6 Å². The summed E-state index contributed by atoms with van der Waals surface area (Å²) < 4.78 is 29.9. The molecular formula is C3H5BrClNaO3S. The van der Waals surface area contributed by atoms with Gasteiger partial charge in [-0.05, 0) is 0 Å². The van der Waals surface area contributed by atoms with Crippen molar-refractivity contribution >= 4 is 37.6 Å². The molecule has 0 aromatic rings. The van der Waals surface area contributed by atoms with E-state index < -0.39 is 20.7 Å². The van der Waals surface area contributed by atoms with Crippen molar-refractivity contribution in [3.63, 3.8) is 0 Å². The summed E-state index contributed by atoms with van der Waals surface area (Å²) in [6, 6.07) is 0. The maximum Gasteiger partial charge on any atom is 1.00 e. The van der Waals surface area contributed by atoms with E-state index in [-0.39, 0.29) is 35.4 Å². The fourth-order valence-electron chi connectivity index (χ4n) is 0.266. The van der Waals surface area contributed by atoms with Crippen LogP contribution in [0.15, 0.2) is 0 Å². The zero-order chi connectivity index (χ0) is 7.49. The second kappa shape index (κ2) is 6.22. The average molecular weight is 259 g/mol. The van der Waals surface area contributed by atoms with Crippen LogP contribution in [0.25, 0.3) is 0 Å². The van der Waals surface area contributed by atoms with E-state index in [2.05, 4.69) is 15.9 Å². The monoisotopic (exact) mass is 258 g/mol. The van der Waals surface area contributed by atoms with Crippen LogP contribution in [0.3, 0.4) is 0 Å². The molecule has 0 saturated heterocycles. The van der Waals surface area contributed by atoms with Gasteiger partial charge in [0.2, 0.25) is 0 Å². The van der Waals surface area contributed by atoms with Gasteiger partial charge in [0.1, 0.15) is 0 Å². The van der Waals surface area contributed by atoms with Crippen LogP contribution in [-0.4, -0.2) is 29.4 Å². The summed E-state index contributed by atoms with van der Waals surface area (Å²) in [4.78, 5) is -0.429. The number of hydrogen-bond donors (Lipinski definition) is 0. The molecule has 0 aromatic carbocycles. The maximum atomic E-state index is 9.96. The molecule has 1 unspecified atom stereocenters. The summed E-state index contributed by atoms with van der Waals surface area (Å²) in [7, 11) is -4.12. The summed E-state index contributed by atoms with van der Waals surface area (Å²) in [5, 5.41) is 0. The van der Waals surface area contributed by atoms with Gasteiger partial charge in [0, 0.05) is 10.7 Å². The smallest absolute Gasteiger partial charge is 0.748 e. The van der Waals surface area contributed by atoms with Crippen LogP contribution in [0.4, 0.5) is 0 Å². The van der Waals surface area contributed by atoms with Crippen LogP contribution in [0.1, 0.15) is 0 Å². The van der Waals surface area contributed by atoms with Crippen LogP contribution >= 0.6 is 27.5 Å². The predicted molar refractivity (Wildman–Crippen MR) is 38.0 cm³/mol. The van der Waals surface area contributed by atoms with Gasteiger partial charge in [-0.25, -0.2) is 8.42 Å². The number of hydrogen-bond acceptors (Lipinski definition) is 3. The Morgan fingerprint density at radius 1 is 1.60 bits per heavy atom. The standard InChI is InChI=1S/C3H6BrClO3S.Na/c4-3(1-5)2-9(6,7)8;/h3H,1-2H2,(H,6,7,8);/q;+1/p-1. The first kappa shape index (κ1) is 14.2. The van der Waals surface area contributed by atoms with Gasteiger partial charge in [0.15, 0.2) is 0 Å². The molecule has 0 spiro atoms. The van der Waals surface area contributed by atoms with Crippen molar-refractivity contribution in [2.75, 3.05) is 11.6 Å². The van der Waals surface area contributed by atoms with Crippen LogP contribution in [0.5, 0.6) is 0 Å². The normalized spacial score (nSPS) is 13.9. The van der Waals surface area contributed by atoms with Crippen LogP contribution in [-0.2, 0) is 10.1 Å². The molecule has 0 N–H and O–H groups in total. The Bertz CT molecular complexity index is 171. The third-order valence-corrected chi connectivity index (χ3v) is 3.18. The van der Waals surface area contributed by atoms with Gasteiger partial charge in [-0.2, -0.15) is 0 Å². The molecule has 0 radical (unpaired) electrons. The summed E-state index contributed by atoms with van der Waals surface area (Å²) >= 11 is 8.11. The minimum Gasteiger partial charge on any atom is -0.748 e. The van der Waals surface area contributed by atoms with Crippen molar-refractivity contribution in [2.45, 2.75) is 4.83 Å². The van der Waals surface area contributed by atoms with Gasteiger partial charge < -0.3 is 4.55 Å². The number of rotatable bonds is 3. The molecule has 0 aliphatic rings. The van der Waals surface area contributed by atoms with E-state index in [0.717, 1.165) is 0 Å². The van der Waals surface area contributed by atoms with Crippen molar-refractivity contribution in [1.82, 2.24) is 0 Å². The minimum atomic E-state index is -4.12. The topological polar surface area (TPSA) is 57.2 Å². The Balaban J connectivity index is 0. The van der Waals surface area contributed by atoms with E-state index in [9.17, 15) is 13.0 Å². The molecule has 56 valence electrons. The average Bonchev–Trinajstić information content (AvgIpc) is 1.62. The molecule has 0 rings (SSSR count). The van der Waals surface area contributed by atoms with Crippen LogP contribution in [0, 0.1) is 0 Å². The van der Waals surface area contributed by atoms with Gasteiger partial charge in [-0.1, -0.05) is 15.9 Å². The fraction of sp³-hybridized carbons (Fsp3) is 1.00. The summed E-state index contributed by atoms with van der Waals surface area (Å²) in [5.41, 5.74) is 0. The van der Waals surface area contributed by atoms with E-state index in [1.54, 1.807) is 0 Å². The largest absolute Gasteiger partial charge is 1.00 e. The Morgan fingerprint density at radius 2 is 2.00 bits per heavy atom. The van der Waals surface area contributed by atoms with E-state index in [1.807, 2.05) is 0 Å². The van der Waals surface area contributed by atoms with E-state index in [1.165, 1.54) is 0 Å². The van der Waals surface area contributed by atoms with Gasteiger partial charge in [-0.3, -0.25) is 0 Å². The van der Waals surface area contributed by atoms with Crippen molar-refractivity contribution < 1.29 is 42.5 Å². The van der Waals surface area contributed by atoms with Crippen molar-refractivity contribution in [2.24, 2.45) is 0 Å². The van der Waals surface area contributed by atoms with Crippen molar-refractivity contribution in [3.05, 3.63) is 0 Å². The molecule has 3 nitrogen and oxygen atoms in total. The molecule has 10 heavy (non-hydrogen) atoms. The molecule has 0 saturated carbocycles. The third kappa shape index (κ3) is 9.68. The summed E-state index contributed by atoms with van der Waals surface area (Å²) in [6.07, 6.45) is 0. The predicted octanol–water partition coefficient (Wildman–Crippen LogP) is -2.46. The van der Waals surface area contributed by atoms with Crippen LogP contribution < -0.4 is 29.6 Å². The number of alkyl halides is 2. The zero-order valence-corrected chi connectivity index (χ0v) is 10.5. The van der Waals surface area contributed by atoms with E-state index in [0.29, 0.717) is 0 Å². The second-order valence-electron chi connectivity index (χ2n) is 1.48. The fourth-order valence-corrected chi connectivity index (χ4v) is 2.04. The minimum absolute atomic E-state index is 0. The third-order valence-electron chi connectivity index (χ3n) is 0.552. The summed E-state index contributed by atoms with van der Waals surface area (Å²) in [6.45, 7) is 0. The van der Waals surface area contributed by atoms with Gasteiger partial charge >= 0.3 is 29.6 Å². The first-order chi connectivity index (χ1) is 3.95. The molecule has 0 aliphatic carbocycles. The Morgan fingerprint density at radius 3 is 2.10 bits per heavy atom. The molecule has 0 amide bonds.